The van der Waals surface area contributed by atoms with Crippen LogP contribution in [0.5, 0.6) is 5.75 Å². The van der Waals surface area contributed by atoms with E-state index in [4.69, 9.17) is 9.26 Å². The number of methoxy groups -OCH3 is 1. The molecule has 2 rings (SSSR count). The number of carbonyl (C=O) groups is 1. The number of hydrogen-bond acceptors (Lipinski definition) is 5. The van der Waals surface area contributed by atoms with Gasteiger partial charge < -0.3 is 9.26 Å². The molecular weight excluding hydrogens is 234 g/mol. The van der Waals surface area contributed by atoms with Gasteiger partial charge in [0.1, 0.15) is 5.75 Å². The SMILES string of the molecule is CCc1noc(NC(=O)c2cccc(OC)c2)n1. The first-order valence-corrected chi connectivity index (χ1v) is 5.51. The van der Waals surface area contributed by atoms with Gasteiger partial charge in [-0.05, 0) is 18.2 Å². The normalized spacial score (nSPS) is 10.1. The van der Waals surface area contributed by atoms with Crippen LogP contribution in [0.3, 0.4) is 0 Å². The van der Waals surface area contributed by atoms with Crippen LogP contribution in [0.1, 0.15) is 23.1 Å². The number of nitrogens with zero attached hydrogens (tertiary/aromatic N) is 2. The van der Waals surface area contributed by atoms with Gasteiger partial charge in [0, 0.05) is 12.0 Å². The summed E-state index contributed by atoms with van der Waals surface area (Å²) in [7, 11) is 1.54. The average Bonchev–Trinajstić information content (AvgIpc) is 2.86. The number of aryl methyl sites for hydroxylation is 1. The Labute approximate surface area is 104 Å². The lowest BCUT2D eigenvalue weighted by Crippen LogP contribution is -2.12. The van der Waals surface area contributed by atoms with Crippen LogP contribution in [-0.2, 0) is 6.42 Å². The van der Waals surface area contributed by atoms with Crippen LogP contribution < -0.4 is 10.1 Å². The first kappa shape index (κ1) is 12.1. The van der Waals surface area contributed by atoms with Crippen LogP contribution in [-0.4, -0.2) is 23.2 Å². The third-order valence-electron chi connectivity index (χ3n) is 2.34. The summed E-state index contributed by atoms with van der Waals surface area (Å²) >= 11 is 0. The van der Waals surface area contributed by atoms with Crippen molar-refractivity contribution in [1.29, 1.82) is 0 Å². The van der Waals surface area contributed by atoms with Crippen molar-refractivity contribution in [2.24, 2.45) is 0 Å². The average molecular weight is 247 g/mol. The number of anilines is 1. The topological polar surface area (TPSA) is 77.2 Å². The van der Waals surface area contributed by atoms with Crippen molar-refractivity contribution >= 4 is 11.9 Å². The Kier molecular flexibility index (Phi) is 3.57. The van der Waals surface area contributed by atoms with Crippen molar-refractivity contribution in [3.05, 3.63) is 35.7 Å². The summed E-state index contributed by atoms with van der Waals surface area (Å²) in [5, 5.41) is 6.22. The maximum absolute atomic E-state index is 11.9. The van der Waals surface area contributed by atoms with Gasteiger partial charge in [0.2, 0.25) is 0 Å². The highest BCUT2D eigenvalue weighted by Gasteiger charge is 2.11. The summed E-state index contributed by atoms with van der Waals surface area (Å²) in [6.07, 6.45) is 0.651. The van der Waals surface area contributed by atoms with E-state index < -0.39 is 0 Å². The van der Waals surface area contributed by atoms with Gasteiger partial charge in [0.25, 0.3) is 5.91 Å². The molecule has 0 unspecified atom stereocenters. The van der Waals surface area contributed by atoms with E-state index in [-0.39, 0.29) is 11.9 Å². The lowest BCUT2D eigenvalue weighted by atomic mass is 10.2. The summed E-state index contributed by atoms with van der Waals surface area (Å²) in [6, 6.07) is 6.90. The molecule has 2 aromatic rings. The molecule has 0 spiro atoms. The molecule has 1 heterocycles. The maximum Gasteiger partial charge on any atom is 0.328 e. The van der Waals surface area contributed by atoms with E-state index in [1.807, 2.05) is 6.92 Å². The molecule has 0 saturated heterocycles. The minimum atomic E-state index is -0.319. The number of amides is 1. The molecule has 1 N–H and O–H groups in total. The molecule has 0 bridgehead atoms. The first-order valence-electron chi connectivity index (χ1n) is 5.51. The predicted molar refractivity (Wildman–Crippen MR) is 64.6 cm³/mol. The predicted octanol–water partition coefficient (Wildman–Crippen LogP) is 1.89. The second-order valence-electron chi connectivity index (χ2n) is 3.56. The van der Waals surface area contributed by atoms with Crippen molar-refractivity contribution in [2.75, 3.05) is 12.4 Å². The lowest BCUT2D eigenvalue weighted by Gasteiger charge is -2.03. The van der Waals surface area contributed by atoms with Crippen molar-refractivity contribution in [2.45, 2.75) is 13.3 Å². The Morgan fingerprint density at radius 3 is 3.00 bits per heavy atom. The zero-order valence-corrected chi connectivity index (χ0v) is 10.1. The van der Waals surface area contributed by atoms with Gasteiger partial charge in [-0.1, -0.05) is 18.1 Å². The number of ether oxygens (including phenoxy) is 1. The summed E-state index contributed by atoms with van der Waals surface area (Å²) in [6.45, 7) is 1.90. The van der Waals surface area contributed by atoms with Crippen LogP contribution in [0.2, 0.25) is 0 Å². The Hall–Kier alpha value is -2.37. The van der Waals surface area contributed by atoms with Crippen molar-refractivity contribution in [3.63, 3.8) is 0 Å². The molecule has 0 aliphatic heterocycles. The number of nitrogens with one attached hydrogen (secondary N) is 1. The Morgan fingerprint density at radius 2 is 2.33 bits per heavy atom. The maximum atomic E-state index is 11.9. The Balaban J connectivity index is 2.11. The zero-order chi connectivity index (χ0) is 13.0. The molecule has 0 atom stereocenters. The number of aromatic nitrogens is 2. The van der Waals surface area contributed by atoms with E-state index in [0.29, 0.717) is 23.6 Å². The smallest absolute Gasteiger partial charge is 0.328 e. The van der Waals surface area contributed by atoms with Crippen LogP contribution in [0, 0.1) is 0 Å². The molecule has 0 aliphatic rings. The molecule has 0 saturated carbocycles. The van der Waals surface area contributed by atoms with Gasteiger partial charge in [0.15, 0.2) is 5.82 Å². The van der Waals surface area contributed by atoms with Gasteiger partial charge in [0.05, 0.1) is 7.11 Å². The molecule has 0 fully saturated rings. The molecule has 6 nitrogen and oxygen atoms in total. The molecular formula is C12H13N3O3. The van der Waals surface area contributed by atoms with E-state index >= 15 is 0 Å². The molecule has 0 aliphatic carbocycles. The van der Waals surface area contributed by atoms with Gasteiger partial charge >= 0.3 is 6.01 Å². The summed E-state index contributed by atoms with van der Waals surface area (Å²) in [5.74, 6) is 0.846. The molecule has 1 aromatic heterocycles. The van der Waals surface area contributed by atoms with Crippen molar-refractivity contribution in [1.82, 2.24) is 10.1 Å². The molecule has 1 aromatic carbocycles. The van der Waals surface area contributed by atoms with Crippen LogP contribution in [0.15, 0.2) is 28.8 Å². The quantitative estimate of drug-likeness (QED) is 0.892. The third-order valence-corrected chi connectivity index (χ3v) is 2.34. The molecule has 18 heavy (non-hydrogen) atoms. The van der Waals surface area contributed by atoms with Crippen LogP contribution >= 0.6 is 0 Å². The fourth-order valence-corrected chi connectivity index (χ4v) is 1.38. The van der Waals surface area contributed by atoms with E-state index in [9.17, 15) is 4.79 Å². The van der Waals surface area contributed by atoms with Gasteiger partial charge in [-0.15, -0.1) is 0 Å². The lowest BCUT2D eigenvalue weighted by molar-refractivity contribution is 0.102. The monoisotopic (exact) mass is 247 g/mol. The highest BCUT2D eigenvalue weighted by Crippen LogP contribution is 2.14. The van der Waals surface area contributed by atoms with Crippen LogP contribution in [0.4, 0.5) is 6.01 Å². The van der Waals surface area contributed by atoms with Gasteiger partial charge in [-0.3, -0.25) is 10.1 Å². The summed E-state index contributed by atoms with van der Waals surface area (Å²) < 4.78 is 9.93. The van der Waals surface area contributed by atoms with Crippen LogP contribution in [0.25, 0.3) is 0 Å². The van der Waals surface area contributed by atoms with Crippen molar-refractivity contribution in [3.8, 4) is 5.75 Å². The second-order valence-corrected chi connectivity index (χ2v) is 3.56. The molecule has 1 amide bonds. The fourth-order valence-electron chi connectivity index (χ4n) is 1.38. The van der Waals surface area contributed by atoms with E-state index in [1.165, 1.54) is 0 Å². The van der Waals surface area contributed by atoms with Crippen molar-refractivity contribution < 1.29 is 14.1 Å². The number of benzene rings is 1. The first-order chi connectivity index (χ1) is 8.72. The second kappa shape index (κ2) is 5.31. The fraction of sp³-hybridized carbons (Fsp3) is 0.250. The largest absolute Gasteiger partial charge is 0.497 e. The van der Waals surface area contributed by atoms with E-state index in [0.717, 1.165) is 0 Å². The molecule has 94 valence electrons. The molecule has 0 radical (unpaired) electrons. The third kappa shape index (κ3) is 2.65. The standard InChI is InChI=1S/C12H13N3O3/c1-3-10-13-12(18-15-10)14-11(16)8-5-4-6-9(7-8)17-2/h4-7H,3H2,1-2H3,(H,13,14,15,16). The van der Waals surface area contributed by atoms with E-state index in [1.54, 1.807) is 31.4 Å². The number of carbonyl (C=O) groups excluding carboxylic acids is 1. The van der Waals surface area contributed by atoms with Gasteiger partial charge in [-0.25, -0.2) is 0 Å². The highest BCUT2D eigenvalue weighted by molar-refractivity contribution is 6.03. The number of hydrogen-bond donors (Lipinski definition) is 1. The summed E-state index contributed by atoms with van der Waals surface area (Å²) in [5.41, 5.74) is 0.464. The Bertz CT molecular complexity index is 551. The minimum absolute atomic E-state index is 0.0969. The number of rotatable bonds is 4. The van der Waals surface area contributed by atoms with Gasteiger partial charge in [-0.2, -0.15) is 4.98 Å². The Morgan fingerprint density at radius 1 is 1.50 bits per heavy atom. The summed E-state index contributed by atoms with van der Waals surface area (Å²) in [4.78, 5) is 15.9. The highest BCUT2D eigenvalue weighted by atomic mass is 16.5. The molecule has 6 heteroatoms. The zero-order valence-electron chi connectivity index (χ0n) is 10.1. The minimum Gasteiger partial charge on any atom is -0.497 e. The van der Waals surface area contributed by atoms with E-state index in [2.05, 4.69) is 15.5 Å².